The van der Waals surface area contributed by atoms with Crippen molar-refractivity contribution in [3.63, 3.8) is 0 Å². The molecule has 5 heteroatoms. The van der Waals surface area contributed by atoms with E-state index in [1.165, 1.54) is 5.56 Å². The van der Waals surface area contributed by atoms with E-state index in [2.05, 4.69) is 5.32 Å². The van der Waals surface area contributed by atoms with E-state index in [0.717, 1.165) is 11.3 Å². The van der Waals surface area contributed by atoms with Crippen molar-refractivity contribution in [2.24, 2.45) is 0 Å². The fraction of sp³-hybridized carbons (Fsp3) is 0.350. The number of nitrogens with one attached hydrogen (secondary N) is 1. The SMILES string of the molecule is Cc1ccc(CC(=O)Nc2ccc(OCC(O)CN(C)C)cc2)cc1. The summed E-state index contributed by atoms with van der Waals surface area (Å²) >= 11 is 0. The van der Waals surface area contributed by atoms with Crippen molar-refractivity contribution in [3.8, 4) is 5.75 Å². The van der Waals surface area contributed by atoms with Crippen LogP contribution in [0.4, 0.5) is 5.69 Å². The Labute approximate surface area is 149 Å². The van der Waals surface area contributed by atoms with Gasteiger partial charge in [-0.25, -0.2) is 0 Å². The molecule has 0 aliphatic heterocycles. The number of carbonyl (C=O) groups excluding carboxylic acids is 1. The maximum Gasteiger partial charge on any atom is 0.228 e. The van der Waals surface area contributed by atoms with Gasteiger partial charge in [0.15, 0.2) is 0 Å². The first-order chi connectivity index (χ1) is 11.9. The molecule has 0 radical (unpaired) electrons. The van der Waals surface area contributed by atoms with E-state index in [1.54, 1.807) is 24.3 Å². The van der Waals surface area contributed by atoms with Gasteiger partial charge in [0.1, 0.15) is 18.5 Å². The van der Waals surface area contributed by atoms with Crippen molar-refractivity contribution in [3.05, 3.63) is 59.7 Å². The molecule has 0 aliphatic carbocycles. The maximum absolute atomic E-state index is 12.1. The lowest BCUT2D eigenvalue weighted by Gasteiger charge is -2.16. The number of hydrogen-bond donors (Lipinski definition) is 2. The maximum atomic E-state index is 12.1. The van der Waals surface area contributed by atoms with Crippen molar-refractivity contribution >= 4 is 11.6 Å². The minimum absolute atomic E-state index is 0.0565. The molecule has 0 spiro atoms. The van der Waals surface area contributed by atoms with Crippen LogP contribution in [0.3, 0.4) is 0 Å². The predicted octanol–water partition coefficient (Wildman–Crippen LogP) is 2.48. The smallest absolute Gasteiger partial charge is 0.228 e. The first-order valence-electron chi connectivity index (χ1n) is 8.33. The number of aliphatic hydroxyl groups excluding tert-OH is 1. The van der Waals surface area contributed by atoms with E-state index in [4.69, 9.17) is 4.74 Å². The second-order valence-electron chi connectivity index (χ2n) is 6.46. The van der Waals surface area contributed by atoms with Crippen LogP contribution in [0.5, 0.6) is 5.75 Å². The molecule has 134 valence electrons. The number of carbonyl (C=O) groups is 1. The topological polar surface area (TPSA) is 61.8 Å². The molecule has 2 rings (SSSR count). The van der Waals surface area contributed by atoms with Gasteiger partial charge in [0.25, 0.3) is 0 Å². The van der Waals surface area contributed by atoms with Crippen LogP contribution in [0.15, 0.2) is 48.5 Å². The third-order valence-corrected chi connectivity index (χ3v) is 3.64. The highest BCUT2D eigenvalue weighted by Crippen LogP contribution is 2.16. The Morgan fingerprint density at radius 2 is 1.76 bits per heavy atom. The second kappa shape index (κ2) is 9.20. The first-order valence-corrected chi connectivity index (χ1v) is 8.33. The summed E-state index contributed by atoms with van der Waals surface area (Å²) in [4.78, 5) is 14.0. The normalized spacial score (nSPS) is 12.0. The van der Waals surface area contributed by atoms with Crippen molar-refractivity contribution < 1.29 is 14.6 Å². The molecule has 1 atom stereocenters. The third kappa shape index (κ3) is 6.95. The molecular weight excluding hydrogens is 316 g/mol. The molecule has 0 saturated heterocycles. The number of rotatable bonds is 8. The summed E-state index contributed by atoms with van der Waals surface area (Å²) in [5.41, 5.74) is 2.88. The highest BCUT2D eigenvalue weighted by Gasteiger charge is 2.07. The molecule has 0 bridgehead atoms. The molecule has 2 aromatic carbocycles. The average Bonchev–Trinajstić information content (AvgIpc) is 2.56. The van der Waals surface area contributed by atoms with Gasteiger partial charge in [-0.15, -0.1) is 0 Å². The van der Waals surface area contributed by atoms with Gasteiger partial charge in [0.05, 0.1) is 6.42 Å². The molecule has 5 nitrogen and oxygen atoms in total. The van der Waals surface area contributed by atoms with E-state index in [0.29, 0.717) is 18.7 Å². The lowest BCUT2D eigenvalue weighted by Crippen LogP contribution is -2.30. The van der Waals surface area contributed by atoms with Gasteiger partial charge >= 0.3 is 0 Å². The highest BCUT2D eigenvalue weighted by molar-refractivity contribution is 5.92. The quantitative estimate of drug-likeness (QED) is 0.774. The number of anilines is 1. The van der Waals surface area contributed by atoms with Gasteiger partial charge in [-0.2, -0.15) is 0 Å². The molecule has 0 aromatic heterocycles. The van der Waals surface area contributed by atoms with Crippen LogP contribution in [0.25, 0.3) is 0 Å². The molecule has 0 heterocycles. The van der Waals surface area contributed by atoms with Gasteiger partial charge < -0.3 is 20.1 Å². The van der Waals surface area contributed by atoms with Crippen molar-refractivity contribution in [2.45, 2.75) is 19.4 Å². The standard InChI is InChI=1S/C20H26N2O3/c1-15-4-6-16(7-5-15)12-20(24)21-17-8-10-19(11-9-17)25-14-18(23)13-22(2)3/h4-11,18,23H,12-14H2,1-3H3,(H,21,24). The third-order valence-electron chi connectivity index (χ3n) is 3.64. The van der Waals surface area contributed by atoms with Crippen LogP contribution >= 0.6 is 0 Å². The Balaban J connectivity index is 1.81. The molecule has 25 heavy (non-hydrogen) atoms. The van der Waals surface area contributed by atoms with Gasteiger partial charge in [-0.05, 0) is 50.8 Å². The number of ether oxygens (including phenoxy) is 1. The van der Waals surface area contributed by atoms with Gasteiger partial charge in [-0.3, -0.25) is 4.79 Å². The van der Waals surface area contributed by atoms with Crippen molar-refractivity contribution in [2.75, 3.05) is 32.6 Å². The Kier molecular flexibility index (Phi) is 6.98. The van der Waals surface area contributed by atoms with Gasteiger partial charge in [0, 0.05) is 12.2 Å². The van der Waals surface area contributed by atoms with E-state index >= 15 is 0 Å². The summed E-state index contributed by atoms with van der Waals surface area (Å²) in [6, 6.07) is 15.1. The second-order valence-corrected chi connectivity index (χ2v) is 6.46. The number of nitrogens with zero attached hydrogens (tertiary/aromatic N) is 1. The molecule has 1 amide bonds. The first kappa shape index (κ1) is 19.0. The number of amides is 1. The zero-order valence-corrected chi connectivity index (χ0v) is 15.0. The fourth-order valence-corrected chi connectivity index (χ4v) is 2.40. The largest absolute Gasteiger partial charge is 0.491 e. The minimum atomic E-state index is -0.538. The molecule has 0 saturated carbocycles. The molecule has 2 aromatic rings. The van der Waals surface area contributed by atoms with Crippen LogP contribution in [0.2, 0.25) is 0 Å². The number of likely N-dealkylation sites (N-methyl/N-ethyl adjacent to an activating group) is 1. The van der Waals surface area contributed by atoms with Gasteiger partial charge in [0.2, 0.25) is 5.91 Å². The minimum Gasteiger partial charge on any atom is -0.491 e. The van der Waals surface area contributed by atoms with E-state index in [1.807, 2.05) is 50.2 Å². The molecule has 0 aliphatic rings. The number of hydrogen-bond acceptors (Lipinski definition) is 4. The molecule has 0 fully saturated rings. The lowest BCUT2D eigenvalue weighted by molar-refractivity contribution is -0.115. The Morgan fingerprint density at radius 1 is 1.12 bits per heavy atom. The van der Waals surface area contributed by atoms with Crippen LogP contribution in [-0.4, -0.2) is 49.3 Å². The number of aryl methyl sites for hydroxylation is 1. The van der Waals surface area contributed by atoms with Crippen molar-refractivity contribution in [1.29, 1.82) is 0 Å². The van der Waals surface area contributed by atoms with Gasteiger partial charge in [-0.1, -0.05) is 29.8 Å². The fourth-order valence-electron chi connectivity index (χ4n) is 2.40. The number of aliphatic hydroxyl groups is 1. The monoisotopic (exact) mass is 342 g/mol. The Hall–Kier alpha value is -2.37. The zero-order valence-electron chi connectivity index (χ0n) is 15.0. The molecular formula is C20H26N2O3. The average molecular weight is 342 g/mol. The number of benzene rings is 2. The lowest BCUT2D eigenvalue weighted by atomic mass is 10.1. The molecule has 2 N–H and O–H groups in total. The van der Waals surface area contributed by atoms with E-state index < -0.39 is 6.10 Å². The highest BCUT2D eigenvalue weighted by atomic mass is 16.5. The Morgan fingerprint density at radius 3 is 2.36 bits per heavy atom. The predicted molar refractivity (Wildman–Crippen MR) is 100 cm³/mol. The summed E-state index contributed by atoms with van der Waals surface area (Å²) in [5.74, 6) is 0.605. The van der Waals surface area contributed by atoms with Crippen LogP contribution < -0.4 is 10.1 Å². The summed E-state index contributed by atoms with van der Waals surface area (Å²) in [5, 5.41) is 12.7. The van der Waals surface area contributed by atoms with E-state index in [9.17, 15) is 9.90 Å². The van der Waals surface area contributed by atoms with E-state index in [-0.39, 0.29) is 12.5 Å². The summed E-state index contributed by atoms with van der Waals surface area (Å²) < 4.78 is 5.55. The van der Waals surface area contributed by atoms with Crippen LogP contribution in [0, 0.1) is 6.92 Å². The van der Waals surface area contributed by atoms with Crippen LogP contribution in [0.1, 0.15) is 11.1 Å². The van der Waals surface area contributed by atoms with Crippen LogP contribution in [-0.2, 0) is 11.2 Å². The summed E-state index contributed by atoms with van der Waals surface area (Å²) in [6.07, 6.45) is -0.196. The van der Waals surface area contributed by atoms with Crippen molar-refractivity contribution in [1.82, 2.24) is 4.90 Å². The summed E-state index contributed by atoms with van der Waals surface area (Å²) in [7, 11) is 3.80. The summed E-state index contributed by atoms with van der Waals surface area (Å²) in [6.45, 7) is 2.80. The molecule has 1 unspecified atom stereocenters. The Bertz CT molecular complexity index is 666. The zero-order chi connectivity index (χ0) is 18.2.